The molecule has 9 heteroatoms. The molecule has 1 aromatic heterocycles. The van der Waals surface area contributed by atoms with Gasteiger partial charge < -0.3 is 10.6 Å². The number of nitrogens with one attached hydrogen (secondary N) is 2. The van der Waals surface area contributed by atoms with Crippen molar-refractivity contribution in [2.75, 3.05) is 6.54 Å². The number of rotatable bonds is 6. The molecule has 0 aliphatic rings. The van der Waals surface area contributed by atoms with Gasteiger partial charge in [0.05, 0.1) is 4.92 Å². The molecule has 2 N–H and O–H groups in total. The average Bonchev–Trinajstić information content (AvgIpc) is 2.43. The van der Waals surface area contributed by atoms with Crippen molar-refractivity contribution in [2.24, 2.45) is 0 Å². The highest BCUT2D eigenvalue weighted by atomic mass is 35.5. The van der Waals surface area contributed by atoms with E-state index in [4.69, 9.17) is 11.6 Å². The Balaban J connectivity index is 2.87. The van der Waals surface area contributed by atoms with E-state index < -0.39 is 22.6 Å². The third-order valence-corrected chi connectivity index (χ3v) is 2.79. The molecule has 0 saturated carbocycles. The summed E-state index contributed by atoms with van der Waals surface area (Å²) in [6.45, 7) is 3.86. The van der Waals surface area contributed by atoms with Crippen LogP contribution in [0.1, 0.15) is 30.6 Å². The van der Waals surface area contributed by atoms with Crippen LogP contribution in [-0.4, -0.2) is 34.3 Å². The van der Waals surface area contributed by atoms with Gasteiger partial charge in [-0.3, -0.25) is 19.7 Å². The predicted molar refractivity (Wildman–Crippen MR) is 76.1 cm³/mol. The van der Waals surface area contributed by atoms with E-state index in [2.05, 4.69) is 15.6 Å². The van der Waals surface area contributed by atoms with Gasteiger partial charge in [0.15, 0.2) is 0 Å². The molecule has 1 rings (SSSR count). The number of aromatic nitrogens is 1. The Bertz CT molecular complexity index is 564. The third-order valence-electron chi connectivity index (χ3n) is 2.58. The van der Waals surface area contributed by atoms with Crippen LogP contribution in [0.5, 0.6) is 0 Å². The largest absolute Gasteiger partial charge is 0.354 e. The maximum Gasteiger partial charge on any atom is 0.300 e. The first-order valence-corrected chi connectivity index (χ1v) is 6.63. The summed E-state index contributed by atoms with van der Waals surface area (Å²) in [5.41, 5.74) is -0.715. The summed E-state index contributed by atoms with van der Waals surface area (Å²) in [5.74, 6) is -1.13. The molecule has 0 radical (unpaired) electrons. The zero-order chi connectivity index (χ0) is 16.0. The summed E-state index contributed by atoms with van der Waals surface area (Å²) in [6, 6.07) is 0.265. The molecule has 2 amide bonds. The molecule has 1 aromatic rings. The number of pyridine rings is 1. The van der Waals surface area contributed by atoms with Crippen molar-refractivity contribution < 1.29 is 14.5 Å². The summed E-state index contributed by atoms with van der Waals surface area (Å²) in [6.07, 6.45) is 1.66. The normalized spacial score (nSPS) is 11.6. The maximum atomic E-state index is 12.0. The molecule has 0 aliphatic heterocycles. The van der Waals surface area contributed by atoms with Gasteiger partial charge in [0.1, 0.15) is 23.0 Å². The molecule has 0 saturated heterocycles. The lowest BCUT2D eigenvalue weighted by Gasteiger charge is -2.13. The zero-order valence-electron chi connectivity index (χ0n) is 11.6. The maximum absolute atomic E-state index is 12.0. The fourth-order valence-corrected chi connectivity index (χ4v) is 1.65. The first kappa shape index (κ1) is 16.8. The number of hydrogen-bond donors (Lipinski definition) is 2. The minimum absolute atomic E-state index is 0.0474. The Labute approximate surface area is 126 Å². The number of amides is 2. The van der Waals surface area contributed by atoms with Crippen LogP contribution in [0.2, 0.25) is 5.15 Å². The lowest BCUT2D eigenvalue weighted by atomic mass is 10.2. The lowest BCUT2D eigenvalue weighted by Crippen LogP contribution is -2.45. The monoisotopic (exact) mass is 314 g/mol. The molecule has 1 unspecified atom stereocenters. The first-order valence-electron chi connectivity index (χ1n) is 6.25. The summed E-state index contributed by atoms with van der Waals surface area (Å²) in [5, 5.41) is 15.8. The van der Waals surface area contributed by atoms with Crippen molar-refractivity contribution in [3.05, 3.63) is 33.1 Å². The number of hydrogen-bond acceptors (Lipinski definition) is 5. The van der Waals surface area contributed by atoms with Crippen LogP contribution in [-0.2, 0) is 4.79 Å². The van der Waals surface area contributed by atoms with Gasteiger partial charge in [-0.25, -0.2) is 4.98 Å². The molecule has 8 nitrogen and oxygen atoms in total. The predicted octanol–water partition coefficient (Wildman–Crippen LogP) is 1.29. The van der Waals surface area contributed by atoms with E-state index in [1.807, 2.05) is 6.92 Å². The molecule has 0 spiro atoms. The van der Waals surface area contributed by atoms with Crippen LogP contribution in [0.15, 0.2) is 12.3 Å². The SMILES string of the molecule is CCCNC(=O)C(C)NC(=O)c1cc(Cl)ncc1[N+](=O)[O-]. The van der Waals surface area contributed by atoms with Crippen molar-refractivity contribution in [3.63, 3.8) is 0 Å². The Kier molecular flexibility index (Phi) is 6.04. The average molecular weight is 315 g/mol. The number of halogens is 1. The summed E-state index contributed by atoms with van der Waals surface area (Å²) in [4.78, 5) is 37.4. The highest BCUT2D eigenvalue weighted by Crippen LogP contribution is 2.20. The van der Waals surface area contributed by atoms with Crippen molar-refractivity contribution in [3.8, 4) is 0 Å². The zero-order valence-corrected chi connectivity index (χ0v) is 12.3. The second-order valence-electron chi connectivity index (χ2n) is 4.27. The van der Waals surface area contributed by atoms with E-state index in [1.165, 1.54) is 6.92 Å². The molecule has 21 heavy (non-hydrogen) atoms. The van der Waals surface area contributed by atoms with Crippen LogP contribution in [0, 0.1) is 10.1 Å². The Morgan fingerprint density at radius 3 is 2.76 bits per heavy atom. The standard InChI is InChI=1S/C12H15ClN4O4/c1-3-4-14-11(18)7(2)16-12(19)8-5-10(13)15-6-9(8)17(20)21/h5-7H,3-4H2,1-2H3,(H,14,18)(H,16,19). The topological polar surface area (TPSA) is 114 Å². The van der Waals surface area contributed by atoms with Gasteiger partial charge in [-0.2, -0.15) is 0 Å². The quantitative estimate of drug-likeness (QED) is 0.466. The van der Waals surface area contributed by atoms with Gasteiger partial charge in [0, 0.05) is 6.54 Å². The molecule has 1 atom stereocenters. The Hall–Kier alpha value is -2.22. The first-order chi connectivity index (χ1) is 9.86. The van der Waals surface area contributed by atoms with E-state index in [1.54, 1.807) is 0 Å². The minimum atomic E-state index is -0.824. The highest BCUT2D eigenvalue weighted by molar-refractivity contribution is 6.29. The third kappa shape index (κ3) is 4.67. The minimum Gasteiger partial charge on any atom is -0.354 e. The number of nitro groups is 1. The van der Waals surface area contributed by atoms with E-state index >= 15 is 0 Å². The van der Waals surface area contributed by atoms with Crippen LogP contribution in [0.3, 0.4) is 0 Å². The summed E-state index contributed by atoms with van der Waals surface area (Å²) < 4.78 is 0. The number of nitrogens with zero attached hydrogens (tertiary/aromatic N) is 2. The fourth-order valence-electron chi connectivity index (χ4n) is 1.49. The van der Waals surface area contributed by atoms with E-state index in [0.717, 1.165) is 18.7 Å². The van der Waals surface area contributed by atoms with E-state index in [0.29, 0.717) is 6.54 Å². The van der Waals surface area contributed by atoms with Gasteiger partial charge in [-0.15, -0.1) is 0 Å². The molecule has 0 bridgehead atoms. The van der Waals surface area contributed by atoms with Gasteiger partial charge >= 0.3 is 0 Å². The van der Waals surface area contributed by atoms with Gasteiger partial charge in [0.2, 0.25) is 5.91 Å². The van der Waals surface area contributed by atoms with Gasteiger partial charge in [0.25, 0.3) is 11.6 Å². The van der Waals surface area contributed by atoms with Crippen LogP contribution in [0.4, 0.5) is 5.69 Å². The molecule has 0 fully saturated rings. The van der Waals surface area contributed by atoms with Crippen molar-refractivity contribution in [1.29, 1.82) is 0 Å². The molecule has 0 aliphatic carbocycles. The van der Waals surface area contributed by atoms with Crippen LogP contribution < -0.4 is 10.6 Å². The smallest absolute Gasteiger partial charge is 0.300 e. The van der Waals surface area contributed by atoms with Crippen LogP contribution in [0.25, 0.3) is 0 Å². The van der Waals surface area contributed by atoms with Crippen molar-refractivity contribution in [1.82, 2.24) is 15.6 Å². The van der Waals surface area contributed by atoms with E-state index in [9.17, 15) is 19.7 Å². The summed E-state index contributed by atoms with van der Waals surface area (Å²) in [7, 11) is 0. The Morgan fingerprint density at radius 2 is 2.19 bits per heavy atom. The second kappa shape index (κ2) is 7.53. The molecule has 1 heterocycles. The lowest BCUT2D eigenvalue weighted by molar-refractivity contribution is -0.385. The molecule has 0 aromatic carbocycles. The van der Waals surface area contributed by atoms with Crippen molar-refractivity contribution in [2.45, 2.75) is 26.3 Å². The molecular formula is C12H15ClN4O4. The fraction of sp³-hybridized carbons (Fsp3) is 0.417. The van der Waals surface area contributed by atoms with Gasteiger partial charge in [-0.05, 0) is 19.4 Å². The molecular weight excluding hydrogens is 300 g/mol. The van der Waals surface area contributed by atoms with Gasteiger partial charge in [-0.1, -0.05) is 18.5 Å². The molecule has 114 valence electrons. The highest BCUT2D eigenvalue weighted by Gasteiger charge is 2.24. The second-order valence-corrected chi connectivity index (χ2v) is 4.65. The number of carbonyl (C=O) groups is 2. The number of carbonyl (C=O) groups excluding carboxylic acids is 2. The van der Waals surface area contributed by atoms with Crippen molar-refractivity contribution >= 4 is 29.1 Å². The Morgan fingerprint density at radius 1 is 1.52 bits per heavy atom. The van der Waals surface area contributed by atoms with Crippen LogP contribution >= 0.6 is 11.6 Å². The van der Waals surface area contributed by atoms with E-state index in [-0.39, 0.29) is 16.6 Å². The summed E-state index contributed by atoms with van der Waals surface area (Å²) >= 11 is 5.64.